The molecule has 1 saturated heterocycles. The highest BCUT2D eigenvalue weighted by molar-refractivity contribution is 5.94. The highest BCUT2D eigenvalue weighted by Gasteiger charge is 2.22. The van der Waals surface area contributed by atoms with Gasteiger partial charge in [0, 0.05) is 37.9 Å². The van der Waals surface area contributed by atoms with Gasteiger partial charge in [-0.1, -0.05) is 18.2 Å². The quantitative estimate of drug-likeness (QED) is 0.934. The largest absolute Gasteiger partial charge is 0.478 e. The van der Waals surface area contributed by atoms with Crippen molar-refractivity contribution in [1.82, 2.24) is 9.88 Å². The van der Waals surface area contributed by atoms with Gasteiger partial charge in [0.1, 0.15) is 5.82 Å². The van der Waals surface area contributed by atoms with E-state index >= 15 is 0 Å². The molecule has 23 heavy (non-hydrogen) atoms. The topological polar surface area (TPSA) is 73.7 Å². The van der Waals surface area contributed by atoms with Crippen LogP contribution in [0.3, 0.4) is 0 Å². The van der Waals surface area contributed by atoms with Crippen LogP contribution < -0.4 is 4.90 Å². The van der Waals surface area contributed by atoms with Gasteiger partial charge in [-0.2, -0.15) is 0 Å². The minimum absolute atomic E-state index is 0.0411. The maximum atomic E-state index is 12.4. The summed E-state index contributed by atoms with van der Waals surface area (Å²) >= 11 is 0. The molecule has 1 aliphatic rings. The Kier molecular flexibility index (Phi) is 4.23. The molecule has 6 nitrogen and oxygen atoms in total. The number of amides is 1. The van der Waals surface area contributed by atoms with Crippen molar-refractivity contribution in [3.05, 3.63) is 59.8 Å². The van der Waals surface area contributed by atoms with Crippen molar-refractivity contribution in [3.8, 4) is 0 Å². The Balaban J connectivity index is 1.62. The van der Waals surface area contributed by atoms with Crippen LogP contribution in [0.4, 0.5) is 5.82 Å². The predicted octanol–water partition coefficient (Wildman–Crippen LogP) is 1.74. The van der Waals surface area contributed by atoms with E-state index in [9.17, 15) is 9.59 Å². The molecule has 0 saturated carbocycles. The first-order chi connectivity index (χ1) is 11.1. The number of pyridine rings is 1. The molecular formula is C17H17N3O3. The normalized spacial score (nSPS) is 14.6. The summed E-state index contributed by atoms with van der Waals surface area (Å²) < 4.78 is 0. The van der Waals surface area contributed by atoms with Gasteiger partial charge in [0.05, 0.1) is 5.56 Å². The summed E-state index contributed by atoms with van der Waals surface area (Å²) in [5, 5.41) is 8.89. The lowest BCUT2D eigenvalue weighted by Crippen LogP contribution is -2.49. The maximum absolute atomic E-state index is 12.4. The second-order valence-corrected chi connectivity index (χ2v) is 5.36. The molecule has 1 amide bonds. The average molecular weight is 311 g/mol. The van der Waals surface area contributed by atoms with Crippen molar-refractivity contribution in [2.45, 2.75) is 0 Å². The number of carbonyl (C=O) groups excluding carboxylic acids is 1. The summed E-state index contributed by atoms with van der Waals surface area (Å²) in [5.74, 6) is -0.205. The van der Waals surface area contributed by atoms with Crippen LogP contribution >= 0.6 is 0 Å². The molecule has 1 aromatic carbocycles. The van der Waals surface area contributed by atoms with Crippen LogP contribution in [-0.2, 0) is 0 Å². The number of carboxylic acids is 1. The molecule has 0 radical (unpaired) electrons. The van der Waals surface area contributed by atoms with Crippen LogP contribution in [0.25, 0.3) is 0 Å². The van der Waals surface area contributed by atoms with Crippen LogP contribution in [0.5, 0.6) is 0 Å². The second kappa shape index (κ2) is 6.48. The minimum Gasteiger partial charge on any atom is -0.478 e. The molecular weight excluding hydrogens is 294 g/mol. The van der Waals surface area contributed by atoms with Gasteiger partial charge in [0.2, 0.25) is 0 Å². The number of hydrogen-bond donors (Lipinski definition) is 1. The number of carboxylic acid groups (broad SMARTS) is 1. The van der Waals surface area contributed by atoms with E-state index in [1.807, 2.05) is 35.2 Å². The summed E-state index contributed by atoms with van der Waals surface area (Å²) in [7, 11) is 0. The number of aromatic nitrogens is 1. The molecule has 118 valence electrons. The fraction of sp³-hybridized carbons (Fsp3) is 0.235. The van der Waals surface area contributed by atoms with E-state index in [0.29, 0.717) is 31.7 Å². The van der Waals surface area contributed by atoms with Crippen LogP contribution in [0.1, 0.15) is 20.7 Å². The highest BCUT2D eigenvalue weighted by Crippen LogP contribution is 2.15. The Hall–Kier alpha value is -2.89. The van der Waals surface area contributed by atoms with E-state index in [1.165, 1.54) is 6.20 Å². The van der Waals surface area contributed by atoms with Gasteiger partial charge in [-0.15, -0.1) is 0 Å². The maximum Gasteiger partial charge on any atom is 0.337 e. The van der Waals surface area contributed by atoms with E-state index in [4.69, 9.17) is 5.11 Å². The number of piperazine rings is 1. The zero-order chi connectivity index (χ0) is 16.2. The van der Waals surface area contributed by atoms with Gasteiger partial charge in [-0.25, -0.2) is 9.78 Å². The molecule has 0 spiro atoms. The summed E-state index contributed by atoms with van der Waals surface area (Å²) in [6.45, 7) is 2.60. The molecule has 0 unspecified atom stereocenters. The highest BCUT2D eigenvalue weighted by atomic mass is 16.4. The summed E-state index contributed by atoms with van der Waals surface area (Å²) in [5.41, 5.74) is 0.872. The molecule has 2 aromatic rings. The third-order valence-electron chi connectivity index (χ3n) is 3.91. The Morgan fingerprint density at radius 2 is 1.61 bits per heavy atom. The monoisotopic (exact) mass is 311 g/mol. The van der Waals surface area contributed by atoms with Gasteiger partial charge in [0.25, 0.3) is 5.91 Å². The first-order valence-electron chi connectivity index (χ1n) is 7.44. The van der Waals surface area contributed by atoms with Crippen LogP contribution in [0.15, 0.2) is 48.7 Å². The third kappa shape index (κ3) is 3.31. The Morgan fingerprint density at radius 3 is 2.17 bits per heavy atom. The van der Waals surface area contributed by atoms with E-state index in [-0.39, 0.29) is 11.5 Å². The number of anilines is 1. The molecule has 0 bridgehead atoms. The predicted molar refractivity (Wildman–Crippen MR) is 85.8 cm³/mol. The van der Waals surface area contributed by atoms with Crippen LogP contribution in [0.2, 0.25) is 0 Å². The number of carbonyl (C=O) groups is 2. The molecule has 6 heteroatoms. The molecule has 1 aliphatic heterocycles. The first-order valence-corrected chi connectivity index (χ1v) is 7.44. The average Bonchev–Trinajstić information content (AvgIpc) is 2.62. The third-order valence-corrected chi connectivity index (χ3v) is 3.91. The molecule has 1 N–H and O–H groups in total. The molecule has 1 aromatic heterocycles. The van der Waals surface area contributed by atoms with Gasteiger partial charge in [-0.3, -0.25) is 4.79 Å². The van der Waals surface area contributed by atoms with E-state index < -0.39 is 5.97 Å². The molecule has 3 rings (SSSR count). The van der Waals surface area contributed by atoms with Crippen molar-refractivity contribution in [2.75, 3.05) is 31.1 Å². The molecule has 2 heterocycles. The molecule has 1 fully saturated rings. The van der Waals surface area contributed by atoms with E-state index in [0.717, 1.165) is 5.82 Å². The number of nitrogens with zero attached hydrogens (tertiary/aromatic N) is 3. The standard InChI is InChI=1S/C17H17N3O3/c21-16(13-4-2-1-3-5-13)20-10-8-19(9-11-20)15-7-6-14(12-18-15)17(22)23/h1-7,12H,8-11H2,(H,22,23). The SMILES string of the molecule is O=C(O)c1ccc(N2CCN(C(=O)c3ccccc3)CC2)nc1. The van der Waals surface area contributed by atoms with Crippen LogP contribution in [-0.4, -0.2) is 53.0 Å². The number of benzene rings is 1. The van der Waals surface area contributed by atoms with Crippen molar-refractivity contribution in [3.63, 3.8) is 0 Å². The van der Waals surface area contributed by atoms with Crippen molar-refractivity contribution in [1.29, 1.82) is 0 Å². The lowest BCUT2D eigenvalue weighted by Gasteiger charge is -2.35. The smallest absolute Gasteiger partial charge is 0.337 e. The second-order valence-electron chi connectivity index (χ2n) is 5.36. The Labute approximate surface area is 134 Å². The van der Waals surface area contributed by atoms with Crippen molar-refractivity contribution < 1.29 is 14.7 Å². The van der Waals surface area contributed by atoms with Crippen LogP contribution in [0, 0.1) is 0 Å². The minimum atomic E-state index is -0.984. The lowest BCUT2D eigenvalue weighted by atomic mass is 10.2. The van der Waals surface area contributed by atoms with E-state index in [1.54, 1.807) is 12.1 Å². The Morgan fingerprint density at radius 1 is 0.913 bits per heavy atom. The first kappa shape index (κ1) is 15.0. The van der Waals surface area contributed by atoms with Crippen molar-refractivity contribution >= 4 is 17.7 Å². The zero-order valence-corrected chi connectivity index (χ0v) is 12.6. The fourth-order valence-electron chi connectivity index (χ4n) is 2.60. The lowest BCUT2D eigenvalue weighted by molar-refractivity contribution is 0.0694. The summed E-state index contributed by atoms with van der Waals surface area (Å²) in [6.07, 6.45) is 1.36. The zero-order valence-electron chi connectivity index (χ0n) is 12.6. The number of hydrogen-bond acceptors (Lipinski definition) is 4. The van der Waals surface area contributed by atoms with Gasteiger partial charge in [0.15, 0.2) is 0 Å². The van der Waals surface area contributed by atoms with Gasteiger partial charge in [-0.05, 0) is 24.3 Å². The fourth-order valence-corrected chi connectivity index (χ4v) is 2.60. The van der Waals surface area contributed by atoms with E-state index in [2.05, 4.69) is 9.88 Å². The van der Waals surface area contributed by atoms with Gasteiger partial charge < -0.3 is 14.9 Å². The number of aromatic carboxylic acids is 1. The summed E-state index contributed by atoms with van der Waals surface area (Å²) in [6, 6.07) is 12.5. The number of rotatable bonds is 3. The van der Waals surface area contributed by atoms with Gasteiger partial charge >= 0.3 is 5.97 Å². The van der Waals surface area contributed by atoms with Crippen molar-refractivity contribution in [2.24, 2.45) is 0 Å². The summed E-state index contributed by atoms with van der Waals surface area (Å²) in [4.78, 5) is 31.3. The Bertz CT molecular complexity index is 693. The molecule has 0 aliphatic carbocycles. The molecule has 0 atom stereocenters.